The highest BCUT2D eigenvalue weighted by Crippen LogP contribution is 2.12. The van der Waals surface area contributed by atoms with Crippen molar-refractivity contribution in [1.29, 1.82) is 0 Å². The van der Waals surface area contributed by atoms with E-state index in [2.05, 4.69) is 13.8 Å². The van der Waals surface area contributed by atoms with Crippen molar-refractivity contribution >= 4 is 0 Å². The summed E-state index contributed by atoms with van der Waals surface area (Å²) in [6, 6.07) is 11.2. The summed E-state index contributed by atoms with van der Waals surface area (Å²) < 4.78 is 7.56. The summed E-state index contributed by atoms with van der Waals surface area (Å²) in [6.45, 7) is 5.27. The number of aryl methyl sites for hydroxylation is 1. The van der Waals surface area contributed by atoms with E-state index in [-0.39, 0.29) is 12.0 Å². The predicted octanol–water partition coefficient (Wildman–Crippen LogP) is 2.97. The predicted molar refractivity (Wildman–Crippen MR) is 86.9 cm³/mol. The second kappa shape index (κ2) is 7.80. The zero-order chi connectivity index (χ0) is 15.9. The topological polar surface area (TPSA) is 51.5 Å². The normalized spacial score (nSPS) is 10.9. The molecule has 0 radical (unpaired) electrons. The molecule has 0 unspecified atom stereocenters. The van der Waals surface area contributed by atoms with Gasteiger partial charge in [0.2, 0.25) is 5.43 Å². The molecule has 0 fully saturated rings. The van der Waals surface area contributed by atoms with Crippen LogP contribution in [0.1, 0.15) is 31.5 Å². The molecule has 4 nitrogen and oxygen atoms in total. The maximum Gasteiger partial charge on any atom is 0.223 e. The second-order valence-electron chi connectivity index (χ2n) is 5.80. The van der Waals surface area contributed by atoms with Crippen LogP contribution >= 0.6 is 0 Å². The van der Waals surface area contributed by atoms with Crippen LogP contribution in [0, 0.1) is 5.92 Å². The molecule has 0 saturated carbocycles. The number of hydrogen-bond acceptors (Lipinski definition) is 3. The van der Waals surface area contributed by atoms with Gasteiger partial charge in [0.1, 0.15) is 6.61 Å². The second-order valence-corrected chi connectivity index (χ2v) is 5.80. The minimum atomic E-state index is -0.194. The lowest BCUT2D eigenvalue weighted by Gasteiger charge is -2.15. The quantitative estimate of drug-likeness (QED) is 0.855. The molecule has 0 saturated heterocycles. The van der Waals surface area contributed by atoms with E-state index < -0.39 is 0 Å². The third kappa shape index (κ3) is 4.46. The smallest absolute Gasteiger partial charge is 0.223 e. The number of nitrogens with zero attached hydrogens (tertiary/aromatic N) is 1. The average molecular weight is 301 g/mol. The Hall–Kier alpha value is -2.07. The first-order valence-corrected chi connectivity index (χ1v) is 7.61. The van der Waals surface area contributed by atoms with E-state index in [0.29, 0.717) is 24.0 Å². The standard InChI is InChI=1S/C18H23NO3/c1-14(2)8-9-19-11-18(17(21)10-16(19)12-20)22-13-15-6-4-3-5-7-15/h3-7,10-11,14,20H,8-9,12-13H2,1-2H3. The minimum absolute atomic E-state index is 0.147. The van der Waals surface area contributed by atoms with Crippen LogP contribution < -0.4 is 10.2 Å². The Kier molecular flexibility index (Phi) is 5.78. The van der Waals surface area contributed by atoms with Crippen molar-refractivity contribution in [3.8, 4) is 5.75 Å². The zero-order valence-electron chi connectivity index (χ0n) is 13.2. The van der Waals surface area contributed by atoms with Crippen LogP contribution in [0.4, 0.5) is 0 Å². The highest BCUT2D eigenvalue weighted by Gasteiger charge is 2.08. The van der Waals surface area contributed by atoms with Gasteiger partial charge in [-0.3, -0.25) is 4.79 Å². The van der Waals surface area contributed by atoms with Crippen LogP contribution in [0.15, 0.2) is 47.4 Å². The molecule has 118 valence electrons. The van der Waals surface area contributed by atoms with Crippen LogP contribution in [-0.2, 0) is 19.8 Å². The van der Waals surface area contributed by atoms with Crippen molar-refractivity contribution in [2.75, 3.05) is 0 Å². The molecule has 0 bridgehead atoms. The number of hydrogen-bond donors (Lipinski definition) is 1. The number of aliphatic hydroxyl groups is 1. The molecule has 0 amide bonds. The molecule has 1 heterocycles. The molecule has 0 aliphatic carbocycles. The Morgan fingerprint density at radius 1 is 1.23 bits per heavy atom. The SMILES string of the molecule is CC(C)CCn1cc(OCc2ccccc2)c(=O)cc1CO. The third-order valence-corrected chi connectivity index (χ3v) is 3.53. The maximum atomic E-state index is 12.1. The first-order valence-electron chi connectivity index (χ1n) is 7.61. The number of ether oxygens (including phenoxy) is 1. The van der Waals surface area contributed by atoms with Gasteiger partial charge >= 0.3 is 0 Å². The fraction of sp³-hybridized carbons (Fsp3) is 0.389. The van der Waals surface area contributed by atoms with Gasteiger partial charge in [-0.05, 0) is 17.9 Å². The van der Waals surface area contributed by atoms with E-state index in [4.69, 9.17) is 4.74 Å². The van der Waals surface area contributed by atoms with Crippen molar-refractivity contribution in [3.05, 3.63) is 64.1 Å². The van der Waals surface area contributed by atoms with E-state index in [1.165, 1.54) is 6.07 Å². The number of benzene rings is 1. The van der Waals surface area contributed by atoms with Gasteiger partial charge < -0.3 is 14.4 Å². The van der Waals surface area contributed by atoms with Crippen molar-refractivity contribution < 1.29 is 9.84 Å². The molecule has 0 spiro atoms. The number of aliphatic hydroxyl groups excluding tert-OH is 1. The molecule has 0 aliphatic rings. The van der Waals surface area contributed by atoms with Gasteiger partial charge in [0, 0.05) is 18.3 Å². The highest BCUT2D eigenvalue weighted by atomic mass is 16.5. The van der Waals surface area contributed by atoms with Gasteiger partial charge in [-0.2, -0.15) is 0 Å². The van der Waals surface area contributed by atoms with Crippen LogP contribution in [0.3, 0.4) is 0 Å². The van der Waals surface area contributed by atoms with Gasteiger partial charge in [0.25, 0.3) is 0 Å². The lowest BCUT2D eigenvalue weighted by Crippen LogP contribution is -2.16. The molecular weight excluding hydrogens is 278 g/mol. The number of aromatic nitrogens is 1. The Labute approximate surface area is 131 Å². The van der Waals surface area contributed by atoms with Crippen LogP contribution in [-0.4, -0.2) is 9.67 Å². The molecule has 22 heavy (non-hydrogen) atoms. The van der Waals surface area contributed by atoms with Gasteiger partial charge in [0.05, 0.1) is 12.8 Å². The summed E-state index contributed by atoms with van der Waals surface area (Å²) in [5.74, 6) is 0.879. The zero-order valence-corrected chi connectivity index (χ0v) is 13.2. The molecule has 0 aliphatic heterocycles. The number of rotatable bonds is 7. The summed E-state index contributed by atoms with van der Waals surface area (Å²) in [5.41, 5.74) is 1.44. The first-order chi connectivity index (χ1) is 10.6. The molecule has 1 aromatic heterocycles. The minimum Gasteiger partial charge on any atom is -0.483 e. The Morgan fingerprint density at radius 3 is 2.59 bits per heavy atom. The highest BCUT2D eigenvalue weighted by molar-refractivity contribution is 5.23. The van der Waals surface area contributed by atoms with Crippen molar-refractivity contribution in [1.82, 2.24) is 4.57 Å². The van der Waals surface area contributed by atoms with Crippen LogP contribution in [0.5, 0.6) is 5.75 Å². The molecule has 0 atom stereocenters. The molecule has 4 heteroatoms. The molecule has 2 rings (SSSR count). The van der Waals surface area contributed by atoms with E-state index in [1.807, 2.05) is 34.9 Å². The van der Waals surface area contributed by atoms with Gasteiger partial charge in [-0.1, -0.05) is 44.2 Å². The fourth-order valence-corrected chi connectivity index (χ4v) is 2.18. The number of pyridine rings is 1. The largest absolute Gasteiger partial charge is 0.483 e. The summed E-state index contributed by atoms with van der Waals surface area (Å²) >= 11 is 0. The average Bonchev–Trinajstić information content (AvgIpc) is 2.53. The Bertz CT molecular complexity index is 647. The molecule has 1 aromatic carbocycles. The van der Waals surface area contributed by atoms with Crippen LogP contribution in [0.2, 0.25) is 0 Å². The Morgan fingerprint density at radius 2 is 1.95 bits per heavy atom. The maximum absolute atomic E-state index is 12.1. The van der Waals surface area contributed by atoms with E-state index in [1.54, 1.807) is 6.20 Å². The van der Waals surface area contributed by atoms with E-state index in [9.17, 15) is 9.90 Å². The van der Waals surface area contributed by atoms with Gasteiger partial charge in [-0.15, -0.1) is 0 Å². The molecule has 2 aromatic rings. The van der Waals surface area contributed by atoms with Crippen molar-refractivity contribution in [2.24, 2.45) is 5.92 Å². The van der Waals surface area contributed by atoms with Crippen molar-refractivity contribution in [2.45, 2.75) is 40.0 Å². The fourth-order valence-electron chi connectivity index (χ4n) is 2.18. The van der Waals surface area contributed by atoms with E-state index >= 15 is 0 Å². The molecular formula is C18H23NO3. The summed E-state index contributed by atoms with van der Waals surface area (Å²) in [4.78, 5) is 12.1. The van der Waals surface area contributed by atoms with E-state index in [0.717, 1.165) is 18.5 Å². The lowest BCUT2D eigenvalue weighted by molar-refractivity contribution is 0.264. The van der Waals surface area contributed by atoms with Gasteiger partial charge in [-0.25, -0.2) is 0 Å². The van der Waals surface area contributed by atoms with Gasteiger partial charge in [0.15, 0.2) is 5.75 Å². The summed E-state index contributed by atoms with van der Waals surface area (Å²) in [5, 5.41) is 9.41. The third-order valence-electron chi connectivity index (χ3n) is 3.53. The van der Waals surface area contributed by atoms with Crippen molar-refractivity contribution in [3.63, 3.8) is 0 Å². The Balaban J connectivity index is 2.16. The van der Waals surface area contributed by atoms with Crippen LogP contribution in [0.25, 0.3) is 0 Å². The summed E-state index contributed by atoms with van der Waals surface area (Å²) in [6.07, 6.45) is 2.69. The summed E-state index contributed by atoms with van der Waals surface area (Å²) in [7, 11) is 0. The monoisotopic (exact) mass is 301 g/mol. The molecule has 1 N–H and O–H groups in total. The lowest BCUT2D eigenvalue weighted by atomic mass is 10.1. The first kappa shape index (κ1) is 16.3.